The van der Waals surface area contributed by atoms with Crippen molar-refractivity contribution in [1.82, 2.24) is 0 Å². The normalized spacial score (nSPS) is 15.1. The zero-order valence-electron chi connectivity index (χ0n) is 28.5. The standard InChI is InChI=1S/C34H70O4S2/c1-11-13-15-16-17-18-19-20-21-22-24-32(25-27-35)37-30-29-36-28-23-26-33(3,4)40(9,10)38-34(5,6)39(7,8)31-14-12-2/h21-22,27,32H,11-20,23-26,28-31H2,1-10H3/b22-21+. The first kappa shape index (κ1) is 40.0. The minimum absolute atomic E-state index is 0.0427. The van der Waals surface area contributed by atoms with E-state index in [-0.39, 0.29) is 15.8 Å². The molecule has 0 aliphatic heterocycles. The molecule has 242 valence electrons. The Morgan fingerprint density at radius 3 is 1.98 bits per heavy atom. The second-order valence-electron chi connectivity index (χ2n) is 13.3. The van der Waals surface area contributed by atoms with Gasteiger partial charge in [0.1, 0.15) is 11.2 Å². The Morgan fingerprint density at radius 2 is 1.35 bits per heavy atom. The molecule has 1 unspecified atom stereocenters. The topological polar surface area (TPSA) is 44.8 Å². The summed E-state index contributed by atoms with van der Waals surface area (Å²) in [5, 5.41) is 0. The molecule has 4 nitrogen and oxygen atoms in total. The predicted molar refractivity (Wildman–Crippen MR) is 185 cm³/mol. The van der Waals surface area contributed by atoms with Gasteiger partial charge in [-0.2, -0.15) is 0 Å². The van der Waals surface area contributed by atoms with Gasteiger partial charge in [-0.1, -0.05) is 84.8 Å². The van der Waals surface area contributed by atoms with E-state index in [0.29, 0.717) is 19.6 Å². The molecule has 0 saturated carbocycles. The molecule has 0 bridgehead atoms. The van der Waals surface area contributed by atoms with E-state index in [1.54, 1.807) is 0 Å². The van der Waals surface area contributed by atoms with Crippen LogP contribution in [0.25, 0.3) is 0 Å². The van der Waals surface area contributed by atoms with Gasteiger partial charge in [0.2, 0.25) is 0 Å². The number of carbonyl (C=O) groups excluding carboxylic acids is 1. The van der Waals surface area contributed by atoms with Gasteiger partial charge >= 0.3 is 0 Å². The van der Waals surface area contributed by atoms with E-state index in [9.17, 15) is 4.79 Å². The van der Waals surface area contributed by atoms with Crippen LogP contribution < -0.4 is 0 Å². The summed E-state index contributed by atoms with van der Waals surface area (Å²) in [7, 11) is -2.10. The highest BCUT2D eigenvalue weighted by Crippen LogP contribution is 2.65. The second-order valence-corrected chi connectivity index (χ2v) is 21.5. The third kappa shape index (κ3) is 17.2. The van der Waals surface area contributed by atoms with Crippen LogP contribution in [0.3, 0.4) is 0 Å². The molecular weight excluding hydrogens is 537 g/mol. The summed E-state index contributed by atoms with van der Waals surface area (Å²) in [5.41, 5.74) is 0. The highest BCUT2D eigenvalue weighted by molar-refractivity contribution is 8.34. The van der Waals surface area contributed by atoms with Gasteiger partial charge in [0.05, 0.1) is 19.3 Å². The van der Waals surface area contributed by atoms with E-state index in [1.807, 2.05) is 0 Å². The van der Waals surface area contributed by atoms with Crippen LogP contribution in [0.4, 0.5) is 0 Å². The van der Waals surface area contributed by atoms with Crippen LogP contribution >= 0.6 is 20.3 Å². The Balaban J connectivity index is 4.29. The largest absolute Gasteiger partial charge is 0.379 e. The SMILES string of the molecule is CCCCCCCCC/C=C/CC(CC=O)OCCOCCCC(C)(C)S(C)(C)OC(C)(C)S(C)(C)CCCC. The van der Waals surface area contributed by atoms with Crippen molar-refractivity contribution in [2.75, 3.05) is 50.6 Å². The van der Waals surface area contributed by atoms with Gasteiger partial charge in [0, 0.05) is 17.8 Å². The van der Waals surface area contributed by atoms with Gasteiger partial charge in [-0.25, -0.2) is 10.0 Å². The second kappa shape index (κ2) is 21.6. The number of aldehydes is 1. The molecule has 0 heterocycles. The summed E-state index contributed by atoms with van der Waals surface area (Å²) < 4.78 is 19.0. The molecule has 0 saturated heterocycles. The summed E-state index contributed by atoms with van der Waals surface area (Å²) in [5.74, 6) is 1.27. The lowest BCUT2D eigenvalue weighted by molar-refractivity contribution is -0.110. The Hall–Kier alpha value is -0.0100. The molecule has 0 aromatic rings. The number of hydrogen-bond donors (Lipinski definition) is 0. The summed E-state index contributed by atoms with van der Waals surface area (Å²) >= 11 is 0. The highest BCUT2D eigenvalue weighted by Gasteiger charge is 2.42. The molecule has 1 atom stereocenters. The monoisotopic (exact) mass is 606 g/mol. The molecule has 0 aromatic carbocycles. The lowest BCUT2D eigenvalue weighted by Gasteiger charge is -2.56. The van der Waals surface area contributed by atoms with Crippen LogP contribution in [0.15, 0.2) is 12.2 Å². The predicted octanol–water partition coefficient (Wildman–Crippen LogP) is 10.2. The lowest BCUT2D eigenvalue weighted by atomic mass is 10.1. The molecule has 0 N–H and O–H groups in total. The van der Waals surface area contributed by atoms with Crippen LogP contribution in [0, 0.1) is 0 Å². The van der Waals surface area contributed by atoms with Crippen molar-refractivity contribution in [2.45, 2.75) is 147 Å². The Kier molecular flexibility index (Phi) is 21.6. The smallest absolute Gasteiger partial charge is 0.122 e. The first-order valence-electron chi connectivity index (χ1n) is 16.2. The maximum Gasteiger partial charge on any atom is 0.122 e. The third-order valence-corrected chi connectivity index (χ3v) is 16.5. The average molecular weight is 607 g/mol. The number of carbonyl (C=O) groups is 1. The molecule has 0 amide bonds. The zero-order chi connectivity index (χ0) is 30.5. The number of ether oxygens (including phenoxy) is 2. The molecule has 0 rings (SSSR count). The van der Waals surface area contributed by atoms with Gasteiger partial charge in [0.15, 0.2) is 0 Å². The average Bonchev–Trinajstić information content (AvgIpc) is 2.87. The fourth-order valence-corrected chi connectivity index (χ4v) is 9.22. The van der Waals surface area contributed by atoms with Gasteiger partial charge < -0.3 is 18.5 Å². The maximum absolute atomic E-state index is 11.1. The summed E-state index contributed by atoms with van der Waals surface area (Å²) in [6.45, 7) is 15.7. The van der Waals surface area contributed by atoms with Crippen molar-refractivity contribution < 1.29 is 18.5 Å². The minimum atomic E-state index is -1.26. The summed E-state index contributed by atoms with van der Waals surface area (Å²) in [6.07, 6.45) is 31.3. The van der Waals surface area contributed by atoms with E-state index in [4.69, 9.17) is 13.7 Å². The van der Waals surface area contributed by atoms with Crippen molar-refractivity contribution in [3.8, 4) is 0 Å². The first-order valence-corrected chi connectivity index (χ1v) is 21.2. The summed E-state index contributed by atoms with van der Waals surface area (Å²) in [4.78, 5) is 11.0. The highest BCUT2D eigenvalue weighted by atomic mass is 32.3. The molecule has 40 heavy (non-hydrogen) atoms. The third-order valence-electron chi connectivity index (χ3n) is 8.63. The maximum atomic E-state index is 11.1. The van der Waals surface area contributed by atoms with Crippen LogP contribution in [-0.2, 0) is 18.5 Å². The fourth-order valence-electron chi connectivity index (χ4n) is 4.60. The van der Waals surface area contributed by atoms with E-state index < -0.39 is 20.3 Å². The lowest BCUT2D eigenvalue weighted by Crippen LogP contribution is -2.39. The number of allylic oxidation sites excluding steroid dienone is 1. The Bertz CT molecular complexity index is 658. The first-order chi connectivity index (χ1) is 18.8. The molecule has 0 fully saturated rings. The van der Waals surface area contributed by atoms with Crippen molar-refractivity contribution >= 4 is 26.6 Å². The van der Waals surface area contributed by atoms with Gasteiger partial charge in [-0.05, 0) is 83.1 Å². The van der Waals surface area contributed by atoms with E-state index in [0.717, 1.165) is 38.6 Å². The van der Waals surface area contributed by atoms with Gasteiger partial charge in [-0.3, -0.25) is 0 Å². The number of rotatable bonds is 27. The van der Waals surface area contributed by atoms with Crippen LogP contribution in [0.1, 0.15) is 131 Å². The van der Waals surface area contributed by atoms with Crippen molar-refractivity contribution in [3.63, 3.8) is 0 Å². The van der Waals surface area contributed by atoms with E-state index in [1.165, 1.54) is 63.5 Å². The van der Waals surface area contributed by atoms with Crippen LogP contribution in [-0.4, -0.2) is 72.7 Å². The molecule has 0 radical (unpaired) electrons. The quantitative estimate of drug-likeness (QED) is 0.0530. The van der Waals surface area contributed by atoms with Crippen molar-refractivity contribution in [3.05, 3.63) is 12.2 Å². The van der Waals surface area contributed by atoms with Crippen LogP contribution in [0.5, 0.6) is 0 Å². The molecule has 0 aromatic heterocycles. The summed E-state index contributed by atoms with van der Waals surface area (Å²) in [6, 6.07) is 0. The number of unbranched alkanes of at least 4 members (excludes halogenated alkanes) is 8. The molecule has 0 aliphatic carbocycles. The van der Waals surface area contributed by atoms with E-state index >= 15 is 0 Å². The molecular formula is C34H70O4S2. The van der Waals surface area contributed by atoms with Crippen LogP contribution in [0.2, 0.25) is 0 Å². The molecule has 0 aliphatic rings. The van der Waals surface area contributed by atoms with Gasteiger partial charge in [-0.15, -0.1) is 10.3 Å². The van der Waals surface area contributed by atoms with Crippen molar-refractivity contribution in [2.24, 2.45) is 0 Å². The van der Waals surface area contributed by atoms with Gasteiger partial charge in [0.25, 0.3) is 0 Å². The fraction of sp³-hybridized carbons (Fsp3) is 0.912. The zero-order valence-corrected chi connectivity index (χ0v) is 30.1. The van der Waals surface area contributed by atoms with Crippen molar-refractivity contribution in [1.29, 1.82) is 0 Å². The molecule has 6 heteroatoms. The Labute approximate surface area is 254 Å². The Morgan fingerprint density at radius 1 is 0.725 bits per heavy atom. The molecule has 0 spiro atoms. The minimum Gasteiger partial charge on any atom is -0.379 e. The van der Waals surface area contributed by atoms with E-state index in [2.05, 4.69) is 78.7 Å². The number of hydrogen-bond acceptors (Lipinski definition) is 4.